The van der Waals surface area contributed by atoms with Crippen LogP contribution in [0.2, 0.25) is 0 Å². The van der Waals surface area contributed by atoms with Gasteiger partial charge in [0.2, 0.25) is 0 Å². The lowest BCUT2D eigenvalue weighted by molar-refractivity contribution is 0.0837. The van der Waals surface area contributed by atoms with Crippen molar-refractivity contribution in [1.29, 1.82) is 0 Å². The predicted molar refractivity (Wildman–Crippen MR) is 85.4 cm³/mol. The van der Waals surface area contributed by atoms with Crippen LogP contribution < -0.4 is 0 Å². The first-order chi connectivity index (χ1) is 9.61. The molecular formula is C17H21NOS. The Morgan fingerprint density at radius 3 is 2.50 bits per heavy atom. The molecule has 0 amide bonds. The molecule has 0 spiro atoms. The maximum absolute atomic E-state index is 12.5. The molecule has 106 valence electrons. The maximum atomic E-state index is 12.5. The molecule has 0 aliphatic rings. The molecule has 1 atom stereocenters. The van der Waals surface area contributed by atoms with Gasteiger partial charge in [-0.2, -0.15) is 0 Å². The zero-order valence-corrected chi connectivity index (χ0v) is 13.1. The number of benzene rings is 1. The summed E-state index contributed by atoms with van der Waals surface area (Å²) in [5, 5.41) is 2.08. The molecule has 3 heteroatoms. The normalized spacial score (nSPS) is 12.6. The van der Waals surface area contributed by atoms with Gasteiger partial charge in [-0.25, -0.2) is 0 Å². The van der Waals surface area contributed by atoms with E-state index in [2.05, 4.69) is 29.3 Å². The quantitative estimate of drug-likeness (QED) is 0.744. The number of ketones is 1. The molecule has 1 heterocycles. The van der Waals surface area contributed by atoms with Crippen LogP contribution in [0.5, 0.6) is 0 Å². The molecule has 0 N–H and O–H groups in total. The largest absolute Gasteiger partial charge is 0.292 e. The summed E-state index contributed by atoms with van der Waals surface area (Å²) in [6.07, 6.45) is 0. The van der Waals surface area contributed by atoms with E-state index in [0.29, 0.717) is 0 Å². The second-order valence-electron chi connectivity index (χ2n) is 5.05. The summed E-state index contributed by atoms with van der Waals surface area (Å²) >= 11 is 1.74. The van der Waals surface area contributed by atoms with Crippen LogP contribution in [0.3, 0.4) is 0 Å². The van der Waals surface area contributed by atoms with E-state index in [1.807, 2.05) is 38.1 Å². The topological polar surface area (TPSA) is 20.3 Å². The van der Waals surface area contributed by atoms with Crippen molar-refractivity contribution in [2.75, 3.05) is 6.54 Å². The van der Waals surface area contributed by atoms with Gasteiger partial charge in [0.05, 0.1) is 6.04 Å². The van der Waals surface area contributed by atoms with Crippen molar-refractivity contribution in [3.8, 4) is 0 Å². The molecule has 0 saturated heterocycles. The van der Waals surface area contributed by atoms with Gasteiger partial charge in [-0.05, 0) is 31.8 Å². The molecule has 0 saturated carbocycles. The SMILES string of the molecule is CCN(Cc1cccs1)C(C)C(=O)c1ccc(C)cc1. The second kappa shape index (κ2) is 6.82. The second-order valence-corrected chi connectivity index (χ2v) is 6.08. The van der Waals surface area contributed by atoms with Gasteiger partial charge in [-0.15, -0.1) is 11.3 Å². The van der Waals surface area contributed by atoms with Crippen LogP contribution in [-0.4, -0.2) is 23.3 Å². The summed E-state index contributed by atoms with van der Waals surface area (Å²) in [7, 11) is 0. The van der Waals surface area contributed by atoms with Gasteiger partial charge in [0.1, 0.15) is 0 Å². The third-order valence-electron chi connectivity index (χ3n) is 3.61. The summed E-state index contributed by atoms with van der Waals surface area (Å²) < 4.78 is 0. The van der Waals surface area contributed by atoms with Gasteiger partial charge < -0.3 is 0 Å². The minimum atomic E-state index is -0.0928. The lowest BCUT2D eigenvalue weighted by atomic mass is 10.0. The van der Waals surface area contributed by atoms with Crippen molar-refractivity contribution >= 4 is 17.1 Å². The molecular weight excluding hydrogens is 266 g/mol. The molecule has 2 nitrogen and oxygen atoms in total. The highest BCUT2D eigenvalue weighted by Gasteiger charge is 2.21. The molecule has 0 aliphatic carbocycles. The fourth-order valence-corrected chi connectivity index (χ4v) is 2.98. The van der Waals surface area contributed by atoms with Crippen molar-refractivity contribution in [2.45, 2.75) is 33.4 Å². The van der Waals surface area contributed by atoms with Gasteiger partial charge in [0, 0.05) is 17.0 Å². The Labute approximate surface area is 125 Å². The number of carbonyl (C=O) groups excluding carboxylic acids is 1. The molecule has 20 heavy (non-hydrogen) atoms. The fraction of sp³-hybridized carbons (Fsp3) is 0.353. The number of nitrogens with zero attached hydrogens (tertiary/aromatic N) is 1. The third kappa shape index (κ3) is 3.56. The zero-order chi connectivity index (χ0) is 14.5. The highest BCUT2D eigenvalue weighted by atomic mass is 32.1. The minimum Gasteiger partial charge on any atom is -0.292 e. The molecule has 0 aliphatic heterocycles. The smallest absolute Gasteiger partial charge is 0.179 e. The van der Waals surface area contributed by atoms with E-state index in [0.717, 1.165) is 18.7 Å². The average molecular weight is 287 g/mol. The van der Waals surface area contributed by atoms with Gasteiger partial charge >= 0.3 is 0 Å². The summed E-state index contributed by atoms with van der Waals surface area (Å²) in [6.45, 7) is 7.85. The van der Waals surface area contributed by atoms with E-state index in [9.17, 15) is 4.79 Å². The first kappa shape index (κ1) is 14.9. The number of rotatable bonds is 6. The minimum absolute atomic E-state index is 0.0928. The van der Waals surface area contributed by atoms with Crippen molar-refractivity contribution in [3.05, 3.63) is 57.8 Å². The van der Waals surface area contributed by atoms with Crippen molar-refractivity contribution < 1.29 is 4.79 Å². The Bertz CT molecular complexity index is 545. The van der Waals surface area contributed by atoms with E-state index in [1.165, 1.54) is 10.4 Å². The summed E-state index contributed by atoms with van der Waals surface area (Å²) in [5.41, 5.74) is 1.98. The summed E-state index contributed by atoms with van der Waals surface area (Å²) in [4.78, 5) is 16.1. The van der Waals surface area contributed by atoms with Crippen LogP contribution in [-0.2, 0) is 6.54 Å². The van der Waals surface area contributed by atoms with E-state index < -0.39 is 0 Å². The number of Topliss-reactive ketones (excluding diaryl/α,β-unsaturated/α-hetero) is 1. The lowest BCUT2D eigenvalue weighted by Crippen LogP contribution is -2.38. The van der Waals surface area contributed by atoms with Crippen LogP contribution >= 0.6 is 11.3 Å². The van der Waals surface area contributed by atoms with Crippen LogP contribution in [0, 0.1) is 6.92 Å². The Hall–Kier alpha value is -1.45. The highest BCUT2D eigenvalue weighted by Crippen LogP contribution is 2.16. The van der Waals surface area contributed by atoms with E-state index in [4.69, 9.17) is 0 Å². The zero-order valence-electron chi connectivity index (χ0n) is 12.3. The van der Waals surface area contributed by atoms with Crippen molar-refractivity contribution in [2.24, 2.45) is 0 Å². The summed E-state index contributed by atoms with van der Waals surface area (Å²) in [5.74, 6) is 0.198. The van der Waals surface area contributed by atoms with Crippen LogP contribution in [0.15, 0.2) is 41.8 Å². The third-order valence-corrected chi connectivity index (χ3v) is 4.47. The average Bonchev–Trinajstić information content (AvgIpc) is 2.97. The first-order valence-electron chi connectivity index (χ1n) is 6.99. The molecule has 0 radical (unpaired) electrons. The number of hydrogen-bond donors (Lipinski definition) is 0. The first-order valence-corrected chi connectivity index (χ1v) is 7.87. The molecule has 1 unspecified atom stereocenters. The molecule has 2 aromatic rings. The standard InChI is InChI=1S/C17H21NOS/c1-4-18(12-16-6-5-11-20-16)14(3)17(19)15-9-7-13(2)8-10-15/h5-11,14H,4,12H2,1-3H3. The Morgan fingerprint density at radius 2 is 1.95 bits per heavy atom. The van der Waals surface area contributed by atoms with E-state index in [1.54, 1.807) is 11.3 Å². The Morgan fingerprint density at radius 1 is 1.25 bits per heavy atom. The Kier molecular flexibility index (Phi) is 5.10. The number of carbonyl (C=O) groups is 1. The van der Waals surface area contributed by atoms with Crippen molar-refractivity contribution in [1.82, 2.24) is 4.90 Å². The van der Waals surface area contributed by atoms with E-state index >= 15 is 0 Å². The van der Waals surface area contributed by atoms with Crippen LogP contribution in [0.25, 0.3) is 0 Å². The number of aryl methyl sites for hydroxylation is 1. The number of likely N-dealkylation sites (N-methyl/N-ethyl adjacent to an activating group) is 1. The maximum Gasteiger partial charge on any atom is 0.179 e. The van der Waals surface area contributed by atoms with Gasteiger partial charge in [0.15, 0.2) is 5.78 Å². The summed E-state index contributed by atoms with van der Waals surface area (Å²) in [6, 6.07) is 11.9. The fourth-order valence-electron chi connectivity index (χ4n) is 2.25. The van der Waals surface area contributed by atoms with Crippen LogP contribution in [0.1, 0.15) is 34.6 Å². The predicted octanol–water partition coefficient (Wildman–Crippen LogP) is 4.15. The van der Waals surface area contributed by atoms with E-state index in [-0.39, 0.29) is 11.8 Å². The Balaban J connectivity index is 2.09. The van der Waals surface area contributed by atoms with Gasteiger partial charge in [-0.1, -0.05) is 42.8 Å². The van der Waals surface area contributed by atoms with Crippen molar-refractivity contribution in [3.63, 3.8) is 0 Å². The highest BCUT2D eigenvalue weighted by molar-refractivity contribution is 7.09. The molecule has 0 fully saturated rings. The molecule has 1 aromatic carbocycles. The molecule has 1 aromatic heterocycles. The van der Waals surface area contributed by atoms with Gasteiger partial charge in [0.25, 0.3) is 0 Å². The number of thiophene rings is 1. The monoisotopic (exact) mass is 287 g/mol. The number of hydrogen-bond acceptors (Lipinski definition) is 3. The molecule has 0 bridgehead atoms. The van der Waals surface area contributed by atoms with Gasteiger partial charge in [-0.3, -0.25) is 9.69 Å². The molecule has 2 rings (SSSR count). The lowest BCUT2D eigenvalue weighted by Gasteiger charge is -2.26. The van der Waals surface area contributed by atoms with Crippen LogP contribution in [0.4, 0.5) is 0 Å².